The lowest BCUT2D eigenvalue weighted by Gasteiger charge is -2.32. The van der Waals surface area contributed by atoms with E-state index in [4.69, 9.17) is 0 Å². The van der Waals surface area contributed by atoms with Crippen molar-refractivity contribution in [1.29, 1.82) is 0 Å². The van der Waals surface area contributed by atoms with Crippen molar-refractivity contribution in [3.05, 3.63) is 0 Å². The van der Waals surface area contributed by atoms with Crippen molar-refractivity contribution in [3.63, 3.8) is 0 Å². The topological polar surface area (TPSA) is 66.5 Å². The van der Waals surface area contributed by atoms with Gasteiger partial charge in [0, 0.05) is 25.0 Å². The second-order valence-electron chi connectivity index (χ2n) is 5.32. The molecule has 0 unspecified atom stereocenters. The van der Waals surface area contributed by atoms with Gasteiger partial charge >= 0.3 is 0 Å². The highest BCUT2D eigenvalue weighted by molar-refractivity contribution is 5.96. The number of ketones is 1. The van der Waals surface area contributed by atoms with Crippen LogP contribution in [0.5, 0.6) is 0 Å². The van der Waals surface area contributed by atoms with E-state index < -0.39 is 0 Å². The summed E-state index contributed by atoms with van der Waals surface area (Å²) >= 11 is 0. The summed E-state index contributed by atoms with van der Waals surface area (Å²) in [7, 11) is 0. The van der Waals surface area contributed by atoms with E-state index >= 15 is 0 Å². The lowest BCUT2D eigenvalue weighted by Crippen LogP contribution is -2.47. The molecule has 100 valence electrons. The molecule has 1 aliphatic carbocycles. The molecule has 0 bridgehead atoms. The van der Waals surface area contributed by atoms with Gasteiger partial charge in [-0.25, -0.2) is 0 Å². The fourth-order valence-corrected chi connectivity index (χ4v) is 2.34. The van der Waals surface area contributed by atoms with Gasteiger partial charge < -0.3 is 10.2 Å². The molecule has 0 aromatic heterocycles. The lowest BCUT2D eigenvalue weighted by molar-refractivity contribution is -0.133. The Kier molecular flexibility index (Phi) is 3.99. The third-order valence-electron chi connectivity index (χ3n) is 3.51. The van der Waals surface area contributed by atoms with Crippen molar-refractivity contribution in [2.45, 2.75) is 45.1 Å². The van der Waals surface area contributed by atoms with E-state index in [-0.39, 0.29) is 36.0 Å². The Labute approximate surface area is 107 Å². The monoisotopic (exact) mass is 252 g/mol. The zero-order valence-corrected chi connectivity index (χ0v) is 10.8. The Bertz CT molecular complexity index is 355. The van der Waals surface area contributed by atoms with Crippen LogP contribution in [0.2, 0.25) is 0 Å². The van der Waals surface area contributed by atoms with Gasteiger partial charge in [0.1, 0.15) is 5.78 Å². The molecular weight excluding hydrogens is 232 g/mol. The van der Waals surface area contributed by atoms with Gasteiger partial charge in [-0.1, -0.05) is 0 Å². The van der Waals surface area contributed by atoms with Gasteiger partial charge in [0.25, 0.3) is 0 Å². The Morgan fingerprint density at radius 2 is 1.72 bits per heavy atom. The van der Waals surface area contributed by atoms with Crippen LogP contribution < -0.4 is 5.32 Å². The van der Waals surface area contributed by atoms with Gasteiger partial charge in [0.15, 0.2) is 0 Å². The summed E-state index contributed by atoms with van der Waals surface area (Å²) in [6.07, 6.45) is 3.62. The number of carbonyl (C=O) groups excluding carboxylic acids is 3. The number of amides is 2. The van der Waals surface area contributed by atoms with E-state index in [9.17, 15) is 14.4 Å². The zero-order valence-electron chi connectivity index (χ0n) is 10.8. The SMILES string of the molecule is CC(=O)CC(=O)NC1CCN(C(=O)C2CC2)CC1. The van der Waals surface area contributed by atoms with E-state index in [0.29, 0.717) is 0 Å². The molecule has 1 saturated carbocycles. The van der Waals surface area contributed by atoms with Crippen molar-refractivity contribution < 1.29 is 14.4 Å². The molecule has 0 radical (unpaired) electrons. The van der Waals surface area contributed by atoms with Crippen molar-refractivity contribution in [1.82, 2.24) is 10.2 Å². The second-order valence-corrected chi connectivity index (χ2v) is 5.32. The van der Waals surface area contributed by atoms with E-state index in [1.165, 1.54) is 6.92 Å². The van der Waals surface area contributed by atoms with Gasteiger partial charge in [0.2, 0.25) is 11.8 Å². The minimum absolute atomic E-state index is 0.0405. The third-order valence-corrected chi connectivity index (χ3v) is 3.51. The average molecular weight is 252 g/mol. The standard InChI is InChI=1S/C13H20N2O3/c1-9(16)8-12(17)14-11-4-6-15(7-5-11)13(18)10-2-3-10/h10-11H,2-8H2,1H3,(H,14,17). The highest BCUT2D eigenvalue weighted by Gasteiger charge is 2.35. The number of carbonyl (C=O) groups is 3. The molecular formula is C13H20N2O3. The first-order chi connectivity index (χ1) is 8.56. The van der Waals surface area contributed by atoms with Crippen LogP contribution in [0.3, 0.4) is 0 Å². The number of hydrogen-bond acceptors (Lipinski definition) is 3. The molecule has 2 aliphatic rings. The molecule has 0 aromatic carbocycles. The van der Waals surface area contributed by atoms with Crippen molar-refractivity contribution in [2.24, 2.45) is 5.92 Å². The molecule has 18 heavy (non-hydrogen) atoms. The van der Waals surface area contributed by atoms with E-state index in [1.807, 2.05) is 4.90 Å². The maximum absolute atomic E-state index is 11.8. The first-order valence-corrected chi connectivity index (χ1v) is 6.64. The van der Waals surface area contributed by atoms with Gasteiger partial charge in [-0.3, -0.25) is 14.4 Å². The van der Waals surface area contributed by atoms with Crippen LogP contribution in [-0.2, 0) is 14.4 Å². The van der Waals surface area contributed by atoms with E-state index in [0.717, 1.165) is 38.8 Å². The largest absolute Gasteiger partial charge is 0.353 e. The predicted molar refractivity (Wildman–Crippen MR) is 65.8 cm³/mol. The maximum atomic E-state index is 11.8. The number of nitrogens with zero attached hydrogens (tertiary/aromatic N) is 1. The smallest absolute Gasteiger partial charge is 0.227 e. The summed E-state index contributed by atoms with van der Waals surface area (Å²) in [4.78, 5) is 36.0. The van der Waals surface area contributed by atoms with Gasteiger partial charge in [0.05, 0.1) is 6.42 Å². The van der Waals surface area contributed by atoms with E-state index in [2.05, 4.69) is 5.32 Å². The first kappa shape index (κ1) is 13.1. The van der Waals surface area contributed by atoms with E-state index in [1.54, 1.807) is 0 Å². The second kappa shape index (κ2) is 5.50. The molecule has 0 atom stereocenters. The number of nitrogens with one attached hydrogen (secondary N) is 1. The minimum Gasteiger partial charge on any atom is -0.353 e. The Balaban J connectivity index is 1.71. The molecule has 5 nitrogen and oxygen atoms in total. The molecule has 2 rings (SSSR count). The third kappa shape index (κ3) is 3.55. The van der Waals surface area contributed by atoms with Crippen LogP contribution in [0, 0.1) is 5.92 Å². The Hall–Kier alpha value is -1.39. The molecule has 1 heterocycles. The molecule has 1 aliphatic heterocycles. The molecule has 1 saturated heterocycles. The summed E-state index contributed by atoms with van der Waals surface area (Å²) in [6.45, 7) is 2.86. The normalized spacial score (nSPS) is 20.6. The fraction of sp³-hybridized carbons (Fsp3) is 0.769. The van der Waals surface area contributed by atoms with Crippen molar-refractivity contribution >= 4 is 17.6 Å². The first-order valence-electron chi connectivity index (χ1n) is 6.64. The van der Waals surface area contributed by atoms with Crippen molar-refractivity contribution in [3.8, 4) is 0 Å². The summed E-state index contributed by atoms with van der Waals surface area (Å²) in [6, 6.07) is 0.111. The highest BCUT2D eigenvalue weighted by atomic mass is 16.2. The number of likely N-dealkylation sites (tertiary alicyclic amines) is 1. The molecule has 0 spiro atoms. The number of piperidine rings is 1. The zero-order chi connectivity index (χ0) is 13.1. The van der Waals surface area contributed by atoms with Crippen LogP contribution in [-0.4, -0.2) is 41.6 Å². The van der Waals surface area contributed by atoms with Gasteiger partial charge in [-0.2, -0.15) is 0 Å². The Morgan fingerprint density at radius 1 is 1.11 bits per heavy atom. The average Bonchev–Trinajstić information content (AvgIpc) is 3.11. The number of hydrogen-bond donors (Lipinski definition) is 1. The predicted octanol–water partition coefficient (Wildman–Crippen LogP) is 0.483. The highest BCUT2D eigenvalue weighted by Crippen LogP contribution is 2.31. The van der Waals surface area contributed by atoms with Crippen LogP contribution in [0.25, 0.3) is 0 Å². The summed E-state index contributed by atoms with van der Waals surface area (Å²) in [5.41, 5.74) is 0. The van der Waals surface area contributed by atoms with Crippen LogP contribution in [0.1, 0.15) is 39.0 Å². The molecule has 2 fully saturated rings. The van der Waals surface area contributed by atoms with Crippen LogP contribution in [0.15, 0.2) is 0 Å². The molecule has 2 amide bonds. The Morgan fingerprint density at radius 3 is 2.22 bits per heavy atom. The number of rotatable bonds is 4. The maximum Gasteiger partial charge on any atom is 0.227 e. The molecule has 5 heteroatoms. The van der Waals surface area contributed by atoms with Gasteiger partial charge in [-0.15, -0.1) is 0 Å². The minimum atomic E-state index is -0.200. The van der Waals surface area contributed by atoms with Crippen molar-refractivity contribution in [2.75, 3.05) is 13.1 Å². The fourth-order valence-electron chi connectivity index (χ4n) is 2.34. The summed E-state index contributed by atoms with van der Waals surface area (Å²) in [5.74, 6) is 0.237. The summed E-state index contributed by atoms with van der Waals surface area (Å²) in [5, 5.41) is 2.86. The quantitative estimate of drug-likeness (QED) is 0.740. The molecule has 1 N–H and O–H groups in total. The summed E-state index contributed by atoms with van der Waals surface area (Å²) < 4.78 is 0. The van der Waals surface area contributed by atoms with Crippen LogP contribution >= 0.6 is 0 Å². The lowest BCUT2D eigenvalue weighted by atomic mass is 10.0. The molecule has 0 aromatic rings. The number of Topliss-reactive ketones (excluding diaryl/α,β-unsaturated/α-hetero) is 1. The van der Waals surface area contributed by atoms with Crippen LogP contribution in [0.4, 0.5) is 0 Å². The van der Waals surface area contributed by atoms with Gasteiger partial charge in [-0.05, 0) is 32.6 Å².